The van der Waals surface area contributed by atoms with Gasteiger partial charge in [0.05, 0.1) is 25.6 Å². The van der Waals surface area contributed by atoms with Crippen LogP contribution in [0.25, 0.3) is 0 Å². The van der Waals surface area contributed by atoms with Crippen molar-refractivity contribution in [3.63, 3.8) is 0 Å². The number of hydrogen-bond acceptors (Lipinski definition) is 5. The molecule has 0 radical (unpaired) electrons. The lowest BCUT2D eigenvalue weighted by molar-refractivity contribution is 0.398. The normalized spacial score (nSPS) is 11.5. The summed E-state index contributed by atoms with van der Waals surface area (Å²) in [5.41, 5.74) is 1.97. The SMILES string of the molecule is COc1ccc(OC)c(CCNS(=O)(=O)c2c(C)nn(C)c2C)c1. The Kier molecular flexibility index (Phi) is 5.51. The van der Waals surface area contributed by atoms with Crippen LogP contribution < -0.4 is 14.2 Å². The molecule has 0 aliphatic carbocycles. The Balaban J connectivity index is 2.14. The Bertz CT molecular complexity index is 828. The first-order valence-corrected chi connectivity index (χ1v) is 8.99. The molecule has 0 spiro atoms. The average molecular weight is 353 g/mol. The molecule has 1 aromatic carbocycles. The van der Waals surface area contributed by atoms with Crippen molar-refractivity contribution >= 4 is 10.0 Å². The average Bonchev–Trinajstić information content (AvgIpc) is 2.80. The van der Waals surface area contributed by atoms with Crippen molar-refractivity contribution in [2.24, 2.45) is 7.05 Å². The highest BCUT2D eigenvalue weighted by molar-refractivity contribution is 7.89. The lowest BCUT2D eigenvalue weighted by atomic mass is 10.1. The Morgan fingerprint density at radius 1 is 1.21 bits per heavy atom. The lowest BCUT2D eigenvalue weighted by Crippen LogP contribution is -2.27. The van der Waals surface area contributed by atoms with Crippen molar-refractivity contribution in [2.45, 2.75) is 25.2 Å². The molecule has 7 nitrogen and oxygen atoms in total. The van der Waals surface area contributed by atoms with E-state index in [1.54, 1.807) is 51.9 Å². The standard InChI is InChI=1S/C16H23N3O4S/c1-11-16(12(2)19(3)18-11)24(20,21)17-9-8-13-10-14(22-4)6-7-15(13)23-5/h6-7,10,17H,8-9H2,1-5H3. The second-order valence-corrected chi connectivity index (χ2v) is 7.15. The molecule has 0 aliphatic heterocycles. The summed E-state index contributed by atoms with van der Waals surface area (Å²) in [6.45, 7) is 3.67. The van der Waals surface area contributed by atoms with Crippen molar-refractivity contribution < 1.29 is 17.9 Å². The highest BCUT2D eigenvalue weighted by Crippen LogP contribution is 2.24. The number of rotatable bonds is 7. The van der Waals surface area contributed by atoms with Gasteiger partial charge in [0.2, 0.25) is 10.0 Å². The fraction of sp³-hybridized carbons (Fsp3) is 0.438. The van der Waals surface area contributed by atoms with Gasteiger partial charge in [-0.15, -0.1) is 0 Å². The van der Waals surface area contributed by atoms with E-state index in [1.807, 2.05) is 6.07 Å². The van der Waals surface area contributed by atoms with Crippen molar-refractivity contribution in [3.8, 4) is 11.5 Å². The van der Waals surface area contributed by atoms with Crippen LogP contribution in [0.1, 0.15) is 17.0 Å². The summed E-state index contributed by atoms with van der Waals surface area (Å²) in [7, 11) is 1.28. The van der Waals surface area contributed by atoms with Gasteiger partial charge in [0.1, 0.15) is 16.4 Å². The maximum atomic E-state index is 12.5. The second kappa shape index (κ2) is 7.23. The van der Waals surface area contributed by atoms with Crippen LogP contribution in [0.4, 0.5) is 0 Å². The van der Waals surface area contributed by atoms with E-state index in [4.69, 9.17) is 9.47 Å². The first-order valence-electron chi connectivity index (χ1n) is 7.51. The van der Waals surface area contributed by atoms with Gasteiger partial charge < -0.3 is 9.47 Å². The Morgan fingerprint density at radius 3 is 2.46 bits per heavy atom. The summed E-state index contributed by atoms with van der Waals surface area (Å²) in [5.74, 6) is 1.40. The highest BCUT2D eigenvalue weighted by atomic mass is 32.2. The molecule has 0 fully saturated rings. The van der Waals surface area contributed by atoms with Gasteiger partial charge in [-0.2, -0.15) is 5.10 Å². The van der Waals surface area contributed by atoms with Gasteiger partial charge in [0.15, 0.2) is 0 Å². The summed E-state index contributed by atoms with van der Waals surface area (Å²) in [4.78, 5) is 0.239. The van der Waals surface area contributed by atoms with Gasteiger partial charge in [-0.3, -0.25) is 4.68 Å². The summed E-state index contributed by atoms with van der Waals surface area (Å²) in [5, 5.41) is 4.15. The third-order valence-corrected chi connectivity index (χ3v) is 5.60. The van der Waals surface area contributed by atoms with Crippen LogP contribution in [0.15, 0.2) is 23.1 Å². The number of ether oxygens (including phenoxy) is 2. The maximum absolute atomic E-state index is 12.5. The zero-order chi connectivity index (χ0) is 17.9. The van der Waals surface area contributed by atoms with Crippen LogP contribution in [-0.4, -0.2) is 39.0 Å². The Morgan fingerprint density at radius 2 is 1.92 bits per heavy atom. The number of benzene rings is 1. The fourth-order valence-corrected chi connectivity index (χ4v) is 4.08. The van der Waals surface area contributed by atoms with Gasteiger partial charge in [-0.25, -0.2) is 13.1 Å². The molecule has 24 heavy (non-hydrogen) atoms. The van der Waals surface area contributed by atoms with E-state index < -0.39 is 10.0 Å². The minimum absolute atomic E-state index is 0.239. The molecular weight excluding hydrogens is 330 g/mol. The van der Waals surface area contributed by atoms with Gasteiger partial charge in [-0.1, -0.05) is 0 Å². The molecule has 0 atom stereocenters. The largest absolute Gasteiger partial charge is 0.497 e. The van der Waals surface area contributed by atoms with E-state index in [9.17, 15) is 8.42 Å². The molecule has 8 heteroatoms. The zero-order valence-electron chi connectivity index (χ0n) is 14.6. The van der Waals surface area contributed by atoms with E-state index in [-0.39, 0.29) is 11.4 Å². The third-order valence-electron chi connectivity index (χ3n) is 3.89. The molecule has 0 saturated heterocycles. The molecular formula is C16H23N3O4S. The van der Waals surface area contributed by atoms with Gasteiger partial charge in [-0.05, 0) is 44.0 Å². The maximum Gasteiger partial charge on any atom is 0.244 e. The van der Waals surface area contributed by atoms with Crippen molar-refractivity contribution in [2.75, 3.05) is 20.8 Å². The van der Waals surface area contributed by atoms with Crippen LogP contribution in [-0.2, 0) is 23.5 Å². The molecule has 1 heterocycles. The third kappa shape index (κ3) is 3.70. The second-order valence-electron chi connectivity index (χ2n) is 5.45. The summed E-state index contributed by atoms with van der Waals surface area (Å²) >= 11 is 0. The minimum Gasteiger partial charge on any atom is -0.497 e. The number of nitrogens with one attached hydrogen (secondary N) is 1. The number of sulfonamides is 1. The van der Waals surface area contributed by atoms with Gasteiger partial charge in [0, 0.05) is 13.6 Å². The molecule has 2 aromatic rings. The topological polar surface area (TPSA) is 82.4 Å². The van der Waals surface area contributed by atoms with E-state index in [0.717, 1.165) is 5.56 Å². The predicted octanol–water partition coefficient (Wildman–Crippen LogP) is 1.58. The van der Waals surface area contributed by atoms with Crippen LogP contribution >= 0.6 is 0 Å². The van der Waals surface area contributed by atoms with E-state index in [1.165, 1.54) is 0 Å². The molecule has 2 rings (SSSR count). The summed E-state index contributed by atoms with van der Waals surface area (Å²) in [6.07, 6.45) is 0.484. The van der Waals surface area contributed by atoms with Gasteiger partial charge >= 0.3 is 0 Å². The van der Waals surface area contributed by atoms with Crippen molar-refractivity contribution in [1.82, 2.24) is 14.5 Å². The van der Waals surface area contributed by atoms with Crippen LogP contribution in [0, 0.1) is 13.8 Å². The Labute approximate surface area is 142 Å². The number of hydrogen-bond donors (Lipinski definition) is 1. The molecule has 0 bridgehead atoms. The number of methoxy groups -OCH3 is 2. The Hall–Kier alpha value is -2.06. The molecule has 0 saturated carbocycles. The quantitative estimate of drug-likeness (QED) is 0.817. The van der Waals surface area contributed by atoms with E-state index in [0.29, 0.717) is 29.3 Å². The monoisotopic (exact) mass is 353 g/mol. The highest BCUT2D eigenvalue weighted by Gasteiger charge is 2.23. The number of nitrogens with zero attached hydrogens (tertiary/aromatic N) is 2. The van der Waals surface area contributed by atoms with Gasteiger partial charge in [0.25, 0.3) is 0 Å². The molecule has 1 aromatic heterocycles. The molecule has 0 unspecified atom stereocenters. The number of aryl methyl sites for hydroxylation is 2. The lowest BCUT2D eigenvalue weighted by Gasteiger charge is -2.11. The first kappa shape index (κ1) is 18.3. The van der Waals surface area contributed by atoms with Crippen LogP contribution in [0.3, 0.4) is 0 Å². The van der Waals surface area contributed by atoms with Crippen LogP contribution in [0.2, 0.25) is 0 Å². The van der Waals surface area contributed by atoms with E-state index in [2.05, 4.69) is 9.82 Å². The summed E-state index contributed by atoms with van der Waals surface area (Å²) in [6, 6.07) is 5.45. The minimum atomic E-state index is -3.61. The summed E-state index contributed by atoms with van der Waals surface area (Å²) < 4.78 is 39.8. The fourth-order valence-electron chi connectivity index (χ4n) is 2.61. The predicted molar refractivity (Wildman–Crippen MR) is 91.1 cm³/mol. The molecule has 0 aliphatic rings. The van der Waals surface area contributed by atoms with Crippen molar-refractivity contribution in [3.05, 3.63) is 35.2 Å². The molecule has 132 valence electrons. The molecule has 0 amide bonds. The number of aromatic nitrogens is 2. The first-order chi connectivity index (χ1) is 11.3. The van der Waals surface area contributed by atoms with E-state index >= 15 is 0 Å². The van der Waals surface area contributed by atoms with Crippen LogP contribution in [0.5, 0.6) is 11.5 Å². The van der Waals surface area contributed by atoms with Crippen molar-refractivity contribution in [1.29, 1.82) is 0 Å². The smallest absolute Gasteiger partial charge is 0.244 e. The molecule has 1 N–H and O–H groups in total. The zero-order valence-corrected chi connectivity index (χ0v) is 15.4.